The van der Waals surface area contributed by atoms with Gasteiger partial charge >= 0.3 is 0 Å². The number of amides is 1. The van der Waals surface area contributed by atoms with Gasteiger partial charge in [-0.3, -0.25) is 4.79 Å². The van der Waals surface area contributed by atoms with Crippen molar-refractivity contribution in [2.24, 2.45) is 5.73 Å². The molecule has 1 amide bonds. The maximum atomic E-state index is 11.7. The Balaban J connectivity index is 2.37. The lowest BCUT2D eigenvalue weighted by atomic mass is 10.0. The number of hydrogen-bond acceptors (Lipinski definition) is 3. The standard InChI is InChI=1S/C15H15ClN2O2/c1-20-13-9-5-2-6-10(13)14(15(17)19)18-12-8-4-3-7-11(12)16/h2-9,14,18H,1H3,(H2,17,19). The third kappa shape index (κ3) is 3.03. The number of methoxy groups -OCH3 is 1. The van der Waals surface area contributed by atoms with Crippen molar-refractivity contribution < 1.29 is 9.53 Å². The Morgan fingerprint density at radius 3 is 2.50 bits per heavy atom. The normalized spacial score (nSPS) is 11.7. The van der Waals surface area contributed by atoms with E-state index in [1.807, 2.05) is 24.3 Å². The molecule has 5 heteroatoms. The largest absolute Gasteiger partial charge is 0.496 e. The third-order valence-electron chi connectivity index (χ3n) is 2.91. The second-order valence-corrected chi connectivity index (χ2v) is 4.61. The van der Waals surface area contributed by atoms with Crippen LogP contribution in [0.2, 0.25) is 5.02 Å². The highest BCUT2D eigenvalue weighted by Crippen LogP contribution is 2.30. The minimum absolute atomic E-state index is 0.505. The molecule has 1 atom stereocenters. The first-order valence-electron chi connectivity index (χ1n) is 6.06. The molecule has 104 valence electrons. The first-order chi connectivity index (χ1) is 9.63. The highest BCUT2D eigenvalue weighted by atomic mass is 35.5. The van der Waals surface area contributed by atoms with Crippen molar-refractivity contribution in [2.45, 2.75) is 6.04 Å². The van der Waals surface area contributed by atoms with E-state index in [0.29, 0.717) is 22.0 Å². The molecule has 0 radical (unpaired) electrons. The van der Waals surface area contributed by atoms with Crippen molar-refractivity contribution in [3.8, 4) is 5.75 Å². The van der Waals surface area contributed by atoms with E-state index in [2.05, 4.69) is 5.32 Å². The predicted molar refractivity (Wildman–Crippen MR) is 80.0 cm³/mol. The number of primary amides is 1. The van der Waals surface area contributed by atoms with Crippen molar-refractivity contribution in [1.82, 2.24) is 0 Å². The molecule has 0 bridgehead atoms. The van der Waals surface area contributed by atoms with Gasteiger partial charge in [-0.15, -0.1) is 0 Å². The summed E-state index contributed by atoms with van der Waals surface area (Å²) in [4.78, 5) is 11.7. The molecule has 0 aliphatic heterocycles. The van der Waals surface area contributed by atoms with Crippen molar-refractivity contribution >= 4 is 23.2 Å². The Morgan fingerprint density at radius 2 is 1.85 bits per heavy atom. The quantitative estimate of drug-likeness (QED) is 0.890. The molecule has 4 nitrogen and oxygen atoms in total. The topological polar surface area (TPSA) is 64.3 Å². The second kappa shape index (κ2) is 6.30. The van der Waals surface area contributed by atoms with Crippen LogP contribution in [0.25, 0.3) is 0 Å². The average Bonchev–Trinajstić information content (AvgIpc) is 2.46. The predicted octanol–water partition coefficient (Wildman–Crippen LogP) is 2.99. The van der Waals surface area contributed by atoms with Crippen LogP contribution in [0.4, 0.5) is 5.69 Å². The van der Waals surface area contributed by atoms with Crippen LogP contribution in [0, 0.1) is 0 Å². The highest BCUT2D eigenvalue weighted by Gasteiger charge is 2.21. The number of carbonyl (C=O) groups is 1. The van der Waals surface area contributed by atoms with Gasteiger partial charge in [0.25, 0.3) is 0 Å². The molecule has 3 N–H and O–H groups in total. The van der Waals surface area contributed by atoms with Gasteiger partial charge < -0.3 is 15.8 Å². The Morgan fingerprint density at radius 1 is 1.20 bits per heavy atom. The summed E-state index contributed by atoms with van der Waals surface area (Å²) in [5.74, 6) is 0.0882. The average molecular weight is 291 g/mol. The Bertz CT molecular complexity index is 616. The molecule has 2 aromatic carbocycles. The molecule has 20 heavy (non-hydrogen) atoms. The molecular weight excluding hydrogens is 276 g/mol. The summed E-state index contributed by atoms with van der Waals surface area (Å²) < 4.78 is 5.26. The molecule has 0 aliphatic rings. The summed E-state index contributed by atoms with van der Waals surface area (Å²) in [7, 11) is 1.55. The fraction of sp³-hybridized carbons (Fsp3) is 0.133. The van der Waals surface area contributed by atoms with Gasteiger partial charge in [-0.1, -0.05) is 41.9 Å². The lowest BCUT2D eigenvalue weighted by Crippen LogP contribution is -2.28. The van der Waals surface area contributed by atoms with E-state index in [4.69, 9.17) is 22.1 Å². The number of carbonyl (C=O) groups excluding carboxylic acids is 1. The molecule has 0 aromatic heterocycles. The fourth-order valence-corrected chi connectivity index (χ4v) is 2.13. The smallest absolute Gasteiger partial charge is 0.244 e. The maximum Gasteiger partial charge on any atom is 0.244 e. The van der Waals surface area contributed by atoms with Crippen molar-refractivity contribution in [3.63, 3.8) is 0 Å². The summed E-state index contributed by atoms with van der Waals surface area (Å²) in [5.41, 5.74) is 6.80. The van der Waals surface area contributed by atoms with Crippen molar-refractivity contribution in [2.75, 3.05) is 12.4 Å². The number of rotatable bonds is 5. The number of anilines is 1. The molecule has 2 rings (SSSR count). The van der Waals surface area contributed by atoms with Gasteiger partial charge in [-0.05, 0) is 18.2 Å². The van der Waals surface area contributed by atoms with Gasteiger partial charge in [0.2, 0.25) is 5.91 Å². The number of nitrogens with two attached hydrogens (primary N) is 1. The minimum atomic E-state index is -0.717. The van der Waals surface area contributed by atoms with E-state index in [1.54, 1.807) is 31.4 Å². The molecule has 0 saturated carbocycles. The molecule has 0 saturated heterocycles. The summed E-state index contributed by atoms with van der Waals surface area (Å²) in [5, 5.41) is 3.57. The molecule has 0 aliphatic carbocycles. The van der Waals surface area contributed by atoms with Gasteiger partial charge in [0.15, 0.2) is 0 Å². The van der Waals surface area contributed by atoms with Crippen LogP contribution >= 0.6 is 11.6 Å². The van der Waals surface area contributed by atoms with Crippen molar-refractivity contribution in [1.29, 1.82) is 0 Å². The fourth-order valence-electron chi connectivity index (χ4n) is 1.94. The first kappa shape index (κ1) is 14.2. The summed E-state index contributed by atoms with van der Waals surface area (Å²) >= 11 is 6.09. The van der Waals surface area contributed by atoms with Gasteiger partial charge in [-0.25, -0.2) is 0 Å². The zero-order valence-corrected chi connectivity index (χ0v) is 11.7. The van der Waals surface area contributed by atoms with E-state index < -0.39 is 11.9 Å². The molecular formula is C15H15ClN2O2. The number of para-hydroxylation sites is 2. The molecule has 0 spiro atoms. The van der Waals surface area contributed by atoms with Gasteiger partial charge in [0.05, 0.1) is 17.8 Å². The van der Waals surface area contributed by atoms with Crippen LogP contribution in [0.15, 0.2) is 48.5 Å². The number of ether oxygens (including phenoxy) is 1. The zero-order valence-electron chi connectivity index (χ0n) is 11.0. The molecule has 0 fully saturated rings. The van der Waals surface area contributed by atoms with Crippen LogP contribution in [0.3, 0.4) is 0 Å². The van der Waals surface area contributed by atoms with Crippen LogP contribution in [-0.4, -0.2) is 13.0 Å². The Kier molecular flexibility index (Phi) is 4.48. The summed E-state index contributed by atoms with van der Waals surface area (Å²) in [6.07, 6.45) is 0. The van der Waals surface area contributed by atoms with E-state index in [-0.39, 0.29) is 0 Å². The number of hydrogen-bond donors (Lipinski definition) is 2. The van der Waals surface area contributed by atoms with E-state index in [0.717, 1.165) is 0 Å². The van der Waals surface area contributed by atoms with Crippen LogP contribution in [0.5, 0.6) is 5.75 Å². The molecule has 0 heterocycles. The first-order valence-corrected chi connectivity index (χ1v) is 6.44. The van der Waals surface area contributed by atoms with Crippen molar-refractivity contribution in [3.05, 3.63) is 59.1 Å². The monoisotopic (exact) mass is 290 g/mol. The summed E-state index contributed by atoms with van der Waals surface area (Å²) in [6.45, 7) is 0. The minimum Gasteiger partial charge on any atom is -0.496 e. The third-order valence-corrected chi connectivity index (χ3v) is 3.24. The van der Waals surface area contributed by atoms with Gasteiger partial charge in [-0.2, -0.15) is 0 Å². The SMILES string of the molecule is COc1ccccc1C(Nc1ccccc1Cl)C(N)=O. The van der Waals surface area contributed by atoms with E-state index >= 15 is 0 Å². The lowest BCUT2D eigenvalue weighted by Gasteiger charge is -2.20. The Labute approximate surface area is 122 Å². The lowest BCUT2D eigenvalue weighted by molar-refractivity contribution is -0.118. The maximum absolute atomic E-state index is 11.7. The second-order valence-electron chi connectivity index (χ2n) is 4.20. The van der Waals surface area contributed by atoms with Gasteiger partial charge in [0, 0.05) is 5.56 Å². The number of benzene rings is 2. The number of nitrogens with one attached hydrogen (secondary N) is 1. The van der Waals surface area contributed by atoms with Crippen LogP contribution in [0.1, 0.15) is 11.6 Å². The highest BCUT2D eigenvalue weighted by molar-refractivity contribution is 6.33. The van der Waals surface area contributed by atoms with Crippen LogP contribution < -0.4 is 15.8 Å². The molecule has 2 aromatic rings. The Hall–Kier alpha value is -2.20. The van der Waals surface area contributed by atoms with E-state index in [1.165, 1.54) is 0 Å². The molecule has 1 unspecified atom stereocenters. The van der Waals surface area contributed by atoms with E-state index in [9.17, 15) is 4.79 Å². The summed E-state index contributed by atoms with van der Waals surface area (Å²) in [6, 6.07) is 13.7. The van der Waals surface area contributed by atoms with Gasteiger partial charge in [0.1, 0.15) is 11.8 Å². The number of halogens is 1. The van der Waals surface area contributed by atoms with Crippen LogP contribution in [-0.2, 0) is 4.79 Å². The zero-order chi connectivity index (χ0) is 14.5.